The molecule has 106 valence electrons. The highest BCUT2D eigenvalue weighted by Crippen LogP contribution is 2.28. The molecule has 1 atom stereocenters. The minimum Gasteiger partial charge on any atom is -0.343 e. The highest BCUT2D eigenvalue weighted by atomic mass is 16.5. The van der Waals surface area contributed by atoms with Gasteiger partial charge in [0, 0.05) is 6.20 Å². The van der Waals surface area contributed by atoms with E-state index in [0.29, 0.717) is 17.6 Å². The predicted molar refractivity (Wildman–Crippen MR) is 69.9 cm³/mol. The normalized spacial score (nSPS) is 17.2. The van der Waals surface area contributed by atoms with E-state index in [-0.39, 0.29) is 11.9 Å². The van der Waals surface area contributed by atoms with Gasteiger partial charge >= 0.3 is 0 Å². The van der Waals surface area contributed by atoms with Crippen LogP contribution in [0.5, 0.6) is 0 Å². The largest absolute Gasteiger partial charge is 0.343 e. The molecule has 1 unspecified atom stereocenters. The van der Waals surface area contributed by atoms with Crippen LogP contribution in [0.4, 0.5) is 0 Å². The van der Waals surface area contributed by atoms with Crippen LogP contribution in [0.2, 0.25) is 0 Å². The van der Waals surface area contributed by atoms with E-state index in [1.807, 2.05) is 10.9 Å². The molecular weight excluding hydrogens is 258 g/mol. The van der Waals surface area contributed by atoms with E-state index in [0.717, 1.165) is 12.8 Å². The molecule has 3 rings (SSSR count). The smallest absolute Gasteiger partial charge is 0.272 e. The van der Waals surface area contributed by atoms with Crippen LogP contribution in [-0.2, 0) is 0 Å². The lowest BCUT2D eigenvalue weighted by Crippen LogP contribution is -2.28. The second kappa shape index (κ2) is 5.44. The lowest BCUT2D eigenvalue weighted by atomic mass is 10.3. The van der Waals surface area contributed by atoms with Crippen LogP contribution in [0.3, 0.4) is 0 Å². The van der Waals surface area contributed by atoms with E-state index in [1.165, 1.54) is 19.2 Å². The minimum atomic E-state index is -0.308. The SMILES string of the molecule is CC(NC(=O)c1ccn(C2CCCC2)n1)c1ncon1. The molecule has 1 aliphatic carbocycles. The second-order valence-corrected chi connectivity index (χ2v) is 5.10. The Labute approximate surface area is 116 Å². The van der Waals surface area contributed by atoms with Crippen LogP contribution < -0.4 is 5.32 Å². The zero-order valence-electron chi connectivity index (χ0n) is 11.3. The van der Waals surface area contributed by atoms with Gasteiger partial charge in [-0.25, -0.2) is 0 Å². The maximum atomic E-state index is 12.1. The third kappa shape index (κ3) is 2.56. The number of rotatable bonds is 4. The van der Waals surface area contributed by atoms with Crippen LogP contribution >= 0.6 is 0 Å². The van der Waals surface area contributed by atoms with E-state index in [1.54, 1.807) is 13.0 Å². The molecular formula is C13H17N5O2. The van der Waals surface area contributed by atoms with E-state index in [4.69, 9.17) is 0 Å². The van der Waals surface area contributed by atoms with Crippen LogP contribution in [0.25, 0.3) is 0 Å². The van der Waals surface area contributed by atoms with Crippen molar-refractivity contribution in [1.82, 2.24) is 25.2 Å². The summed E-state index contributed by atoms with van der Waals surface area (Å²) < 4.78 is 6.57. The van der Waals surface area contributed by atoms with Gasteiger partial charge in [0.15, 0.2) is 5.82 Å². The number of aromatic nitrogens is 4. The third-order valence-electron chi connectivity index (χ3n) is 3.65. The fourth-order valence-electron chi connectivity index (χ4n) is 2.54. The summed E-state index contributed by atoms with van der Waals surface area (Å²) in [6, 6.07) is 1.88. The Morgan fingerprint density at radius 2 is 2.30 bits per heavy atom. The molecule has 0 radical (unpaired) electrons. The van der Waals surface area contributed by atoms with Crippen molar-refractivity contribution in [2.24, 2.45) is 0 Å². The van der Waals surface area contributed by atoms with Crippen molar-refractivity contribution in [2.45, 2.75) is 44.7 Å². The first-order valence-corrected chi connectivity index (χ1v) is 6.86. The first-order chi connectivity index (χ1) is 9.74. The summed E-state index contributed by atoms with van der Waals surface area (Å²) in [5.74, 6) is 0.229. The van der Waals surface area contributed by atoms with Crippen molar-refractivity contribution in [2.75, 3.05) is 0 Å². The Bertz CT molecular complexity index is 571. The van der Waals surface area contributed by atoms with Gasteiger partial charge in [0.1, 0.15) is 5.69 Å². The standard InChI is InChI=1S/C13H17N5O2/c1-9(12-14-8-20-17-12)15-13(19)11-6-7-18(16-11)10-4-2-3-5-10/h6-10H,2-5H2,1H3,(H,15,19). The highest BCUT2D eigenvalue weighted by molar-refractivity contribution is 5.92. The highest BCUT2D eigenvalue weighted by Gasteiger charge is 2.20. The van der Waals surface area contributed by atoms with Crippen LogP contribution in [0, 0.1) is 0 Å². The summed E-state index contributed by atoms with van der Waals surface area (Å²) in [5.41, 5.74) is 0.423. The lowest BCUT2D eigenvalue weighted by Gasteiger charge is -2.10. The molecule has 1 amide bonds. The fraction of sp³-hybridized carbons (Fsp3) is 0.538. The van der Waals surface area contributed by atoms with Crippen LogP contribution in [0.1, 0.15) is 61.0 Å². The molecule has 0 saturated heterocycles. The van der Waals surface area contributed by atoms with E-state index < -0.39 is 0 Å². The maximum Gasteiger partial charge on any atom is 0.272 e. The lowest BCUT2D eigenvalue weighted by molar-refractivity contribution is 0.0931. The number of carbonyl (C=O) groups is 1. The van der Waals surface area contributed by atoms with Gasteiger partial charge in [-0.1, -0.05) is 18.0 Å². The predicted octanol–water partition coefficient (Wildman–Crippen LogP) is 1.87. The minimum absolute atomic E-state index is 0.223. The van der Waals surface area contributed by atoms with Crippen molar-refractivity contribution < 1.29 is 9.32 Å². The van der Waals surface area contributed by atoms with Crippen molar-refractivity contribution in [3.63, 3.8) is 0 Å². The Morgan fingerprint density at radius 1 is 1.50 bits per heavy atom. The first kappa shape index (κ1) is 12.8. The number of hydrogen-bond acceptors (Lipinski definition) is 5. The zero-order chi connectivity index (χ0) is 13.9. The summed E-state index contributed by atoms with van der Waals surface area (Å²) in [4.78, 5) is 16.0. The van der Waals surface area contributed by atoms with Gasteiger partial charge in [0.2, 0.25) is 6.39 Å². The summed E-state index contributed by atoms with van der Waals surface area (Å²) in [7, 11) is 0. The Morgan fingerprint density at radius 3 is 3.00 bits per heavy atom. The van der Waals surface area contributed by atoms with Crippen LogP contribution in [-0.4, -0.2) is 25.8 Å². The summed E-state index contributed by atoms with van der Waals surface area (Å²) in [6.07, 6.45) is 7.88. The molecule has 0 aliphatic heterocycles. The monoisotopic (exact) mass is 275 g/mol. The van der Waals surface area contributed by atoms with Crippen LogP contribution in [0.15, 0.2) is 23.2 Å². The van der Waals surface area contributed by atoms with Crippen molar-refractivity contribution >= 4 is 5.91 Å². The van der Waals surface area contributed by atoms with Gasteiger partial charge in [-0.05, 0) is 25.8 Å². The van der Waals surface area contributed by atoms with Crippen molar-refractivity contribution in [1.29, 1.82) is 0 Å². The molecule has 0 bridgehead atoms. The molecule has 0 aromatic carbocycles. The zero-order valence-corrected chi connectivity index (χ0v) is 11.3. The third-order valence-corrected chi connectivity index (χ3v) is 3.65. The molecule has 1 fully saturated rings. The Kier molecular flexibility index (Phi) is 3.49. The number of carbonyl (C=O) groups excluding carboxylic acids is 1. The topological polar surface area (TPSA) is 85.8 Å². The number of amides is 1. The van der Waals surface area contributed by atoms with E-state index >= 15 is 0 Å². The summed E-state index contributed by atoms with van der Waals surface area (Å²) in [5, 5.41) is 10.9. The van der Waals surface area contributed by atoms with Gasteiger partial charge in [0.25, 0.3) is 5.91 Å². The molecule has 7 heteroatoms. The number of nitrogens with zero attached hydrogens (tertiary/aromatic N) is 4. The summed E-state index contributed by atoms with van der Waals surface area (Å²) >= 11 is 0. The van der Waals surface area contributed by atoms with Crippen molar-refractivity contribution in [3.05, 3.63) is 30.2 Å². The second-order valence-electron chi connectivity index (χ2n) is 5.10. The molecule has 2 heterocycles. The number of nitrogens with one attached hydrogen (secondary N) is 1. The average molecular weight is 275 g/mol. The van der Waals surface area contributed by atoms with E-state index in [9.17, 15) is 4.79 Å². The molecule has 2 aromatic rings. The van der Waals surface area contributed by atoms with Gasteiger partial charge in [-0.3, -0.25) is 9.48 Å². The molecule has 1 aliphatic rings. The summed E-state index contributed by atoms with van der Waals surface area (Å²) in [6.45, 7) is 1.80. The molecule has 2 aromatic heterocycles. The quantitative estimate of drug-likeness (QED) is 0.920. The molecule has 0 spiro atoms. The Balaban J connectivity index is 1.65. The molecule has 7 nitrogen and oxygen atoms in total. The number of hydrogen-bond donors (Lipinski definition) is 1. The van der Waals surface area contributed by atoms with Gasteiger partial charge in [-0.15, -0.1) is 0 Å². The van der Waals surface area contributed by atoms with Gasteiger partial charge in [-0.2, -0.15) is 10.1 Å². The van der Waals surface area contributed by atoms with Gasteiger partial charge in [0.05, 0.1) is 12.1 Å². The Hall–Kier alpha value is -2.18. The molecule has 20 heavy (non-hydrogen) atoms. The van der Waals surface area contributed by atoms with E-state index in [2.05, 4.69) is 25.1 Å². The first-order valence-electron chi connectivity index (χ1n) is 6.86. The fourth-order valence-corrected chi connectivity index (χ4v) is 2.54. The van der Waals surface area contributed by atoms with Gasteiger partial charge < -0.3 is 9.84 Å². The maximum absolute atomic E-state index is 12.1. The molecule has 1 N–H and O–H groups in total. The molecule has 1 saturated carbocycles. The van der Waals surface area contributed by atoms with Crippen molar-refractivity contribution in [3.8, 4) is 0 Å². The average Bonchev–Trinajstić information content (AvgIpc) is 3.19.